The van der Waals surface area contributed by atoms with Crippen LogP contribution >= 0.6 is 11.8 Å². The number of hydrogen-bond acceptors (Lipinski definition) is 5. The average molecular weight is 451 g/mol. The minimum Gasteiger partial charge on any atom is -0.350 e. The molecule has 0 aromatic heterocycles. The molecule has 5 amide bonds. The van der Waals surface area contributed by atoms with Gasteiger partial charge in [0.05, 0.1) is 4.91 Å². The van der Waals surface area contributed by atoms with Crippen LogP contribution in [0.3, 0.4) is 0 Å². The number of nitrogens with zero attached hydrogens (tertiary/aromatic N) is 2. The van der Waals surface area contributed by atoms with Gasteiger partial charge in [-0.1, -0.05) is 30.3 Å². The molecule has 2 N–H and O–H groups in total. The number of aryl methyl sites for hydroxylation is 1. The van der Waals surface area contributed by atoms with Gasteiger partial charge in [-0.15, -0.1) is 0 Å². The van der Waals surface area contributed by atoms with Crippen LogP contribution in [0.25, 0.3) is 6.08 Å². The Labute approximate surface area is 189 Å². The fraction of sp³-hybridized carbons (Fsp3) is 0.217. The molecule has 0 radical (unpaired) electrons. The highest BCUT2D eigenvalue weighted by Crippen LogP contribution is 2.31. The number of amides is 5. The molecule has 0 unspecified atom stereocenters. The predicted molar refractivity (Wildman–Crippen MR) is 123 cm³/mol. The fourth-order valence-corrected chi connectivity index (χ4v) is 4.44. The summed E-state index contributed by atoms with van der Waals surface area (Å²) in [4.78, 5) is 52.3. The Morgan fingerprint density at radius 1 is 1.16 bits per heavy atom. The van der Waals surface area contributed by atoms with E-state index in [0.717, 1.165) is 33.5 Å². The number of carbonyl (C=O) groups excluding carboxylic acids is 4. The van der Waals surface area contributed by atoms with E-state index in [2.05, 4.69) is 10.6 Å². The lowest BCUT2D eigenvalue weighted by Gasteiger charge is -2.18. The number of benzene rings is 2. The number of rotatable bonds is 6. The number of hydrogen-bond donors (Lipinski definition) is 2. The maximum absolute atomic E-state index is 12.6. The van der Waals surface area contributed by atoms with E-state index >= 15 is 0 Å². The molecule has 0 saturated carbocycles. The molecular weight excluding hydrogens is 428 g/mol. The Balaban J connectivity index is 1.34. The first kappa shape index (κ1) is 21.6. The van der Waals surface area contributed by atoms with Gasteiger partial charge in [0.25, 0.3) is 17.1 Å². The second kappa shape index (κ2) is 9.27. The molecule has 0 spiro atoms. The molecule has 2 heterocycles. The summed E-state index contributed by atoms with van der Waals surface area (Å²) in [6.45, 7) is 3.26. The van der Waals surface area contributed by atoms with Crippen molar-refractivity contribution in [1.29, 1.82) is 0 Å². The van der Waals surface area contributed by atoms with Gasteiger partial charge in [-0.3, -0.25) is 24.2 Å². The summed E-state index contributed by atoms with van der Waals surface area (Å²) in [5.74, 6) is -0.667. The third-order valence-corrected chi connectivity index (χ3v) is 6.11. The lowest BCUT2D eigenvalue weighted by Crippen LogP contribution is -2.37. The molecule has 32 heavy (non-hydrogen) atoms. The number of urea groups is 1. The van der Waals surface area contributed by atoms with E-state index in [1.165, 1.54) is 0 Å². The van der Waals surface area contributed by atoms with Gasteiger partial charge in [0.15, 0.2) is 0 Å². The summed E-state index contributed by atoms with van der Waals surface area (Å²) < 4.78 is 0. The zero-order valence-corrected chi connectivity index (χ0v) is 18.3. The summed E-state index contributed by atoms with van der Waals surface area (Å²) in [6.07, 6.45) is 1.69. The van der Waals surface area contributed by atoms with Crippen LogP contribution in [0.4, 0.5) is 15.3 Å². The highest BCUT2D eigenvalue weighted by molar-refractivity contribution is 8.18. The SMILES string of the molecule is Cc1cc(C(=O)NCCN2C(=O)SC(=Cc3ccccc3)C2=O)ccc1N1CCNC1=O. The van der Waals surface area contributed by atoms with E-state index in [0.29, 0.717) is 23.6 Å². The average Bonchev–Trinajstić information content (AvgIpc) is 3.32. The molecule has 2 aromatic rings. The van der Waals surface area contributed by atoms with Crippen LogP contribution in [0.5, 0.6) is 0 Å². The number of anilines is 1. The number of nitrogens with one attached hydrogen (secondary N) is 2. The summed E-state index contributed by atoms with van der Waals surface area (Å²) in [6, 6.07) is 14.3. The van der Waals surface area contributed by atoms with Crippen molar-refractivity contribution in [3.05, 3.63) is 70.1 Å². The Morgan fingerprint density at radius 2 is 1.94 bits per heavy atom. The first-order chi connectivity index (χ1) is 15.4. The smallest absolute Gasteiger partial charge is 0.322 e. The van der Waals surface area contributed by atoms with E-state index in [4.69, 9.17) is 0 Å². The van der Waals surface area contributed by atoms with Gasteiger partial charge in [-0.05, 0) is 54.1 Å². The molecule has 0 aliphatic carbocycles. The van der Waals surface area contributed by atoms with Crippen molar-refractivity contribution in [2.24, 2.45) is 0 Å². The lowest BCUT2D eigenvalue weighted by molar-refractivity contribution is -0.122. The van der Waals surface area contributed by atoms with Gasteiger partial charge in [0.2, 0.25) is 0 Å². The second-order valence-electron chi connectivity index (χ2n) is 7.38. The predicted octanol–water partition coefficient (Wildman–Crippen LogP) is 2.99. The molecule has 2 fully saturated rings. The van der Waals surface area contributed by atoms with Gasteiger partial charge in [-0.2, -0.15) is 0 Å². The highest BCUT2D eigenvalue weighted by Gasteiger charge is 2.34. The first-order valence-corrected chi connectivity index (χ1v) is 11.0. The van der Waals surface area contributed by atoms with Gasteiger partial charge < -0.3 is 10.6 Å². The van der Waals surface area contributed by atoms with Crippen molar-refractivity contribution in [3.8, 4) is 0 Å². The topological polar surface area (TPSA) is 98.8 Å². The molecule has 0 atom stereocenters. The fourth-order valence-electron chi connectivity index (χ4n) is 3.58. The van der Waals surface area contributed by atoms with Crippen LogP contribution in [-0.2, 0) is 4.79 Å². The zero-order valence-electron chi connectivity index (χ0n) is 17.5. The highest BCUT2D eigenvalue weighted by atomic mass is 32.2. The van der Waals surface area contributed by atoms with E-state index in [1.807, 2.05) is 37.3 Å². The first-order valence-electron chi connectivity index (χ1n) is 10.2. The van der Waals surface area contributed by atoms with Crippen molar-refractivity contribution in [2.45, 2.75) is 6.92 Å². The van der Waals surface area contributed by atoms with Gasteiger partial charge in [0.1, 0.15) is 0 Å². The Hall–Kier alpha value is -3.59. The minimum atomic E-state index is -0.359. The van der Waals surface area contributed by atoms with Crippen molar-refractivity contribution in [2.75, 3.05) is 31.1 Å². The van der Waals surface area contributed by atoms with Crippen LogP contribution in [-0.4, -0.2) is 54.2 Å². The molecule has 2 saturated heterocycles. The van der Waals surface area contributed by atoms with Gasteiger partial charge in [0, 0.05) is 37.4 Å². The van der Waals surface area contributed by atoms with Crippen LogP contribution < -0.4 is 15.5 Å². The summed E-state index contributed by atoms with van der Waals surface area (Å²) in [5.41, 5.74) is 2.87. The summed E-state index contributed by atoms with van der Waals surface area (Å²) in [7, 11) is 0. The summed E-state index contributed by atoms with van der Waals surface area (Å²) in [5, 5.41) is 5.15. The van der Waals surface area contributed by atoms with Crippen molar-refractivity contribution >= 4 is 46.6 Å². The van der Waals surface area contributed by atoms with Crippen molar-refractivity contribution in [1.82, 2.24) is 15.5 Å². The third-order valence-electron chi connectivity index (χ3n) is 5.20. The molecule has 2 aliphatic rings. The molecular formula is C23H22N4O4S. The summed E-state index contributed by atoms with van der Waals surface area (Å²) >= 11 is 0.896. The maximum atomic E-state index is 12.6. The van der Waals surface area contributed by atoms with Crippen LogP contribution in [0.1, 0.15) is 21.5 Å². The molecule has 164 valence electrons. The van der Waals surface area contributed by atoms with Gasteiger partial charge in [-0.25, -0.2) is 4.79 Å². The molecule has 2 aromatic carbocycles. The van der Waals surface area contributed by atoms with Crippen molar-refractivity contribution < 1.29 is 19.2 Å². The number of thioether (sulfide) groups is 1. The van der Waals surface area contributed by atoms with Crippen LogP contribution in [0.2, 0.25) is 0 Å². The van der Waals surface area contributed by atoms with Crippen LogP contribution in [0.15, 0.2) is 53.4 Å². The van der Waals surface area contributed by atoms with Gasteiger partial charge >= 0.3 is 6.03 Å². The largest absolute Gasteiger partial charge is 0.350 e. The Bertz CT molecular complexity index is 1120. The van der Waals surface area contributed by atoms with Crippen LogP contribution in [0, 0.1) is 6.92 Å². The minimum absolute atomic E-state index is 0.0908. The number of imide groups is 1. The molecule has 9 heteroatoms. The second-order valence-corrected chi connectivity index (χ2v) is 8.38. The zero-order chi connectivity index (χ0) is 22.7. The van der Waals surface area contributed by atoms with Crippen molar-refractivity contribution in [3.63, 3.8) is 0 Å². The van der Waals surface area contributed by atoms with E-state index in [-0.39, 0.29) is 36.2 Å². The monoisotopic (exact) mass is 450 g/mol. The number of carbonyl (C=O) groups is 4. The Kier molecular flexibility index (Phi) is 6.27. The van der Waals surface area contributed by atoms with E-state index in [9.17, 15) is 19.2 Å². The normalized spacial score (nSPS) is 17.3. The molecule has 8 nitrogen and oxygen atoms in total. The molecule has 4 rings (SSSR count). The van der Waals surface area contributed by atoms with E-state index < -0.39 is 0 Å². The lowest BCUT2D eigenvalue weighted by atomic mass is 10.1. The quantitative estimate of drug-likeness (QED) is 0.660. The third kappa shape index (κ3) is 4.52. The van der Waals surface area contributed by atoms with E-state index in [1.54, 1.807) is 29.2 Å². The standard InChI is InChI=1S/C23H22N4O4S/c1-15-13-17(7-8-18(15)26-11-10-25-22(26)30)20(28)24-9-12-27-21(29)19(32-23(27)31)14-16-5-3-2-4-6-16/h2-8,13-14H,9-12H2,1H3,(H,24,28)(H,25,30). The maximum Gasteiger partial charge on any atom is 0.322 e. The molecule has 0 bridgehead atoms. The molecule has 2 aliphatic heterocycles. The Morgan fingerprint density at radius 3 is 2.62 bits per heavy atom.